The SMILES string of the molecule is Cc1occc1C(=O)N/N=C\c1c(F)c(F)c(F)c(F)c1F. The maximum absolute atomic E-state index is 13.3. The van der Waals surface area contributed by atoms with Crippen LogP contribution in [0.15, 0.2) is 21.8 Å². The molecule has 1 N–H and O–H groups in total. The molecular weight excluding hydrogens is 311 g/mol. The Kier molecular flexibility index (Phi) is 4.25. The summed E-state index contributed by atoms with van der Waals surface area (Å²) in [6.45, 7) is 1.49. The van der Waals surface area contributed by atoms with E-state index in [1.54, 1.807) is 0 Å². The van der Waals surface area contributed by atoms with Gasteiger partial charge in [-0.05, 0) is 13.0 Å². The lowest BCUT2D eigenvalue weighted by Gasteiger charge is -2.04. The van der Waals surface area contributed by atoms with Crippen molar-refractivity contribution in [2.45, 2.75) is 6.92 Å². The van der Waals surface area contributed by atoms with Crippen molar-refractivity contribution >= 4 is 12.1 Å². The Balaban J connectivity index is 2.25. The first-order valence-electron chi connectivity index (χ1n) is 5.73. The fourth-order valence-electron chi connectivity index (χ4n) is 1.57. The Morgan fingerprint density at radius 3 is 2.14 bits per heavy atom. The topological polar surface area (TPSA) is 54.6 Å². The second kappa shape index (κ2) is 5.96. The summed E-state index contributed by atoms with van der Waals surface area (Å²) in [5.41, 5.74) is 0.724. The van der Waals surface area contributed by atoms with Gasteiger partial charge in [0.05, 0.1) is 23.6 Å². The van der Waals surface area contributed by atoms with Crippen LogP contribution in [0.3, 0.4) is 0 Å². The van der Waals surface area contributed by atoms with Crippen LogP contribution in [0.25, 0.3) is 0 Å². The Labute approximate surface area is 120 Å². The number of furan rings is 1. The van der Waals surface area contributed by atoms with Crippen LogP contribution in [-0.4, -0.2) is 12.1 Å². The molecule has 0 unspecified atom stereocenters. The molecule has 22 heavy (non-hydrogen) atoms. The summed E-state index contributed by atoms with van der Waals surface area (Å²) >= 11 is 0. The Hall–Kier alpha value is -2.71. The minimum absolute atomic E-state index is 0.106. The van der Waals surface area contributed by atoms with Gasteiger partial charge in [0.25, 0.3) is 5.91 Å². The normalized spacial score (nSPS) is 11.2. The van der Waals surface area contributed by atoms with E-state index in [2.05, 4.69) is 5.10 Å². The highest BCUT2D eigenvalue weighted by atomic mass is 19.2. The quantitative estimate of drug-likeness (QED) is 0.311. The number of carbonyl (C=O) groups excluding carboxylic acids is 1. The number of hydrogen-bond acceptors (Lipinski definition) is 3. The number of amides is 1. The number of hydrazone groups is 1. The van der Waals surface area contributed by atoms with Gasteiger partial charge in [0.2, 0.25) is 5.82 Å². The molecule has 1 aromatic heterocycles. The molecule has 1 heterocycles. The van der Waals surface area contributed by atoms with Gasteiger partial charge >= 0.3 is 0 Å². The highest BCUT2D eigenvalue weighted by Crippen LogP contribution is 2.21. The smallest absolute Gasteiger partial charge is 0.274 e. The molecule has 2 aromatic rings. The van der Waals surface area contributed by atoms with Crippen molar-refractivity contribution in [2.24, 2.45) is 5.10 Å². The van der Waals surface area contributed by atoms with Gasteiger partial charge in [-0.2, -0.15) is 5.10 Å². The van der Waals surface area contributed by atoms with Crippen LogP contribution < -0.4 is 5.43 Å². The third-order valence-corrected chi connectivity index (χ3v) is 2.71. The van der Waals surface area contributed by atoms with Crippen LogP contribution in [0.4, 0.5) is 22.0 Å². The number of nitrogens with one attached hydrogen (secondary N) is 1. The van der Waals surface area contributed by atoms with Crippen molar-refractivity contribution in [1.29, 1.82) is 0 Å². The summed E-state index contributed by atoms with van der Waals surface area (Å²) in [5.74, 6) is -11.1. The van der Waals surface area contributed by atoms with Crippen molar-refractivity contribution in [1.82, 2.24) is 5.43 Å². The fourth-order valence-corrected chi connectivity index (χ4v) is 1.57. The summed E-state index contributed by atoms with van der Waals surface area (Å²) in [6.07, 6.45) is 1.56. The summed E-state index contributed by atoms with van der Waals surface area (Å²) < 4.78 is 70.2. The molecule has 0 aliphatic rings. The molecule has 4 nitrogen and oxygen atoms in total. The van der Waals surface area contributed by atoms with Crippen LogP contribution in [0, 0.1) is 36.0 Å². The molecule has 1 aromatic carbocycles. The van der Waals surface area contributed by atoms with E-state index in [1.165, 1.54) is 19.3 Å². The molecule has 0 aliphatic heterocycles. The van der Waals surface area contributed by atoms with E-state index >= 15 is 0 Å². The van der Waals surface area contributed by atoms with Gasteiger partial charge in [0.1, 0.15) is 5.76 Å². The molecule has 0 atom stereocenters. The lowest BCUT2D eigenvalue weighted by molar-refractivity contribution is 0.0953. The van der Waals surface area contributed by atoms with E-state index in [-0.39, 0.29) is 11.3 Å². The molecule has 0 saturated heterocycles. The first kappa shape index (κ1) is 15.7. The van der Waals surface area contributed by atoms with Crippen LogP contribution in [0.5, 0.6) is 0 Å². The molecule has 0 saturated carbocycles. The summed E-state index contributed by atoms with van der Waals surface area (Å²) in [5, 5.41) is 3.17. The lowest BCUT2D eigenvalue weighted by atomic mass is 10.2. The number of carbonyl (C=O) groups is 1. The Bertz CT molecular complexity index is 741. The number of halogens is 5. The van der Waals surface area contributed by atoms with E-state index in [9.17, 15) is 26.7 Å². The predicted molar refractivity (Wildman–Crippen MR) is 64.7 cm³/mol. The number of nitrogens with zero attached hydrogens (tertiary/aromatic N) is 1. The third kappa shape index (κ3) is 2.69. The Morgan fingerprint density at radius 1 is 1.09 bits per heavy atom. The maximum atomic E-state index is 13.3. The van der Waals surface area contributed by atoms with Gasteiger partial charge in [0.15, 0.2) is 23.3 Å². The largest absolute Gasteiger partial charge is 0.469 e. The monoisotopic (exact) mass is 318 g/mol. The van der Waals surface area contributed by atoms with Crippen LogP contribution in [0.2, 0.25) is 0 Å². The van der Waals surface area contributed by atoms with E-state index in [0.29, 0.717) is 6.21 Å². The van der Waals surface area contributed by atoms with Crippen molar-refractivity contribution < 1.29 is 31.2 Å². The zero-order chi connectivity index (χ0) is 16.4. The third-order valence-electron chi connectivity index (χ3n) is 2.71. The Morgan fingerprint density at radius 2 is 1.64 bits per heavy atom. The van der Waals surface area contributed by atoms with Crippen LogP contribution in [-0.2, 0) is 0 Å². The first-order chi connectivity index (χ1) is 10.3. The highest BCUT2D eigenvalue weighted by Gasteiger charge is 2.24. The zero-order valence-corrected chi connectivity index (χ0v) is 10.9. The minimum atomic E-state index is -2.27. The van der Waals surface area contributed by atoms with Gasteiger partial charge in [0, 0.05) is 0 Å². The van der Waals surface area contributed by atoms with Gasteiger partial charge < -0.3 is 4.42 Å². The molecule has 0 radical (unpaired) electrons. The van der Waals surface area contributed by atoms with Crippen molar-refractivity contribution in [3.8, 4) is 0 Å². The lowest BCUT2D eigenvalue weighted by Crippen LogP contribution is -2.18. The number of benzene rings is 1. The average molecular weight is 318 g/mol. The molecular formula is C13H7F5N2O2. The molecule has 0 aliphatic carbocycles. The second-order valence-electron chi connectivity index (χ2n) is 4.07. The minimum Gasteiger partial charge on any atom is -0.469 e. The maximum Gasteiger partial charge on any atom is 0.274 e. The van der Waals surface area contributed by atoms with E-state index in [1.807, 2.05) is 5.43 Å². The van der Waals surface area contributed by atoms with Crippen LogP contribution >= 0.6 is 0 Å². The molecule has 0 fully saturated rings. The average Bonchev–Trinajstić information content (AvgIpc) is 2.92. The molecule has 0 bridgehead atoms. The van der Waals surface area contributed by atoms with Crippen molar-refractivity contribution in [2.75, 3.05) is 0 Å². The van der Waals surface area contributed by atoms with Gasteiger partial charge in [-0.3, -0.25) is 4.79 Å². The molecule has 1 amide bonds. The number of hydrogen-bond donors (Lipinski definition) is 1. The number of rotatable bonds is 3. The van der Waals surface area contributed by atoms with Gasteiger partial charge in [-0.15, -0.1) is 0 Å². The van der Waals surface area contributed by atoms with Gasteiger partial charge in [-0.25, -0.2) is 27.4 Å². The number of aryl methyl sites for hydroxylation is 1. The van der Waals surface area contributed by atoms with Crippen molar-refractivity contribution in [3.63, 3.8) is 0 Å². The molecule has 116 valence electrons. The summed E-state index contributed by atoms with van der Waals surface area (Å²) in [6, 6.07) is 1.32. The first-order valence-corrected chi connectivity index (χ1v) is 5.73. The standard InChI is InChI=1S/C13H7F5N2O2/c1-5-6(2-3-22-5)13(21)20-19-4-7-8(14)10(16)12(18)11(17)9(7)15/h2-4H,1H3,(H,20,21)/b19-4-. The van der Waals surface area contributed by atoms with E-state index in [4.69, 9.17) is 4.42 Å². The molecule has 0 spiro atoms. The molecule has 2 rings (SSSR count). The fraction of sp³-hybridized carbons (Fsp3) is 0.0769. The van der Waals surface area contributed by atoms with E-state index in [0.717, 1.165) is 0 Å². The summed E-state index contributed by atoms with van der Waals surface area (Å²) in [4.78, 5) is 11.6. The van der Waals surface area contributed by atoms with Gasteiger partial charge in [-0.1, -0.05) is 0 Å². The second-order valence-corrected chi connectivity index (χ2v) is 4.07. The predicted octanol–water partition coefficient (Wildman–Crippen LogP) is 3.05. The zero-order valence-electron chi connectivity index (χ0n) is 10.9. The highest BCUT2D eigenvalue weighted by molar-refractivity contribution is 5.95. The van der Waals surface area contributed by atoms with Crippen LogP contribution in [0.1, 0.15) is 21.7 Å². The summed E-state index contributed by atoms with van der Waals surface area (Å²) in [7, 11) is 0. The van der Waals surface area contributed by atoms with Crippen molar-refractivity contribution in [3.05, 3.63) is 58.3 Å². The molecule has 9 heteroatoms. The van der Waals surface area contributed by atoms with E-state index < -0.39 is 40.6 Å².